The topological polar surface area (TPSA) is 125 Å². The smallest absolute Gasteiger partial charge is 0.395 e. The van der Waals surface area contributed by atoms with Gasteiger partial charge in [0.05, 0.1) is 32.5 Å². The molecule has 1 aliphatic rings. The molecule has 0 atom stereocenters. The summed E-state index contributed by atoms with van der Waals surface area (Å²) in [4.78, 5) is -2.00. The Bertz CT molecular complexity index is 1200. The van der Waals surface area contributed by atoms with Crippen molar-refractivity contribution in [1.82, 2.24) is 10.0 Å². The van der Waals surface area contributed by atoms with Gasteiger partial charge < -0.3 is 15.7 Å². The monoisotopic (exact) mass is 507 g/mol. The Morgan fingerprint density at radius 2 is 1.67 bits per heavy atom. The summed E-state index contributed by atoms with van der Waals surface area (Å²) in [5.74, 6) is 0. The Morgan fingerprint density at radius 3 is 2.30 bits per heavy atom. The molecule has 0 aromatic heterocycles. The van der Waals surface area contributed by atoms with Crippen molar-refractivity contribution >= 4 is 25.5 Å². The van der Waals surface area contributed by atoms with Crippen LogP contribution in [0.1, 0.15) is 18.4 Å². The molecule has 0 amide bonds. The number of piperidine rings is 1. The zero-order chi connectivity index (χ0) is 24.3. The van der Waals surface area contributed by atoms with Gasteiger partial charge in [-0.25, -0.2) is 21.6 Å². The van der Waals surface area contributed by atoms with Crippen LogP contribution < -0.4 is 15.4 Å². The fourth-order valence-corrected chi connectivity index (χ4v) is 6.61. The number of anilines is 1. The van der Waals surface area contributed by atoms with Gasteiger partial charge in [0.2, 0.25) is 19.9 Å². The van der Waals surface area contributed by atoms with Gasteiger partial charge in [-0.2, -0.15) is 13.2 Å². The standard InChI is InChI=1S/C20H24F3N3O5S2/c21-20(22,23)16-6-5-15(13-19(16)33(30,31)26-14-7-9-24-10-8-14)32(28,29)18-4-2-1-3-17(18)25-11-12-27/h1-6,13-14,24-27H,7-12H2. The summed E-state index contributed by atoms with van der Waals surface area (Å²) in [5, 5.41) is 14.8. The van der Waals surface area contributed by atoms with E-state index in [-0.39, 0.29) is 23.7 Å². The second-order valence-electron chi connectivity index (χ2n) is 7.45. The fraction of sp³-hybridized carbons (Fsp3) is 0.400. The first kappa shape index (κ1) is 25.4. The van der Waals surface area contributed by atoms with Crippen LogP contribution in [-0.2, 0) is 26.0 Å². The summed E-state index contributed by atoms with van der Waals surface area (Å²) in [7, 11) is -9.07. The molecule has 0 unspecified atom stereocenters. The molecular weight excluding hydrogens is 483 g/mol. The van der Waals surface area contributed by atoms with Gasteiger partial charge in [-0.3, -0.25) is 0 Å². The molecule has 0 bridgehead atoms. The number of aliphatic hydroxyl groups excluding tert-OH is 1. The van der Waals surface area contributed by atoms with Crippen molar-refractivity contribution in [1.29, 1.82) is 0 Å². The molecule has 3 rings (SSSR count). The number of alkyl halides is 3. The van der Waals surface area contributed by atoms with E-state index in [1.54, 1.807) is 6.07 Å². The number of rotatable bonds is 8. The third-order valence-corrected chi connectivity index (χ3v) is 8.49. The maximum Gasteiger partial charge on any atom is 0.417 e. The highest BCUT2D eigenvalue weighted by atomic mass is 32.2. The average Bonchev–Trinajstić information content (AvgIpc) is 2.77. The van der Waals surface area contributed by atoms with E-state index < -0.39 is 47.4 Å². The molecule has 33 heavy (non-hydrogen) atoms. The molecular formula is C20H24F3N3O5S2. The van der Waals surface area contributed by atoms with Gasteiger partial charge in [-0.05, 0) is 56.3 Å². The highest BCUT2D eigenvalue weighted by Crippen LogP contribution is 2.37. The Hall–Kier alpha value is -2.19. The number of benzene rings is 2. The Morgan fingerprint density at radius 1 is 1.00 bits per heavy atom. The molecule has 0 aliphatic carbocycles. The van der Waals surface area contributed by atoms with Crippen molar-refractivity contribution in [3.05, 3.63) is 48.0 Å². The third-order valence-electron chi connectivity index (χ3n) is 5.12. The van der Waals surface area contributed by atoms with Crippen LogP contribution in [0.3, 0.4) is 0 Å². The molecule has 1 heterocycles. The Labute approximate surface area is 190 Å². The van der Waals surface area contributed by atoms with Gasteiger partial charge in [-0.1, -0.05) is 12.1 Å². The zero-order valence-electron chi connectivity index (χ0n) is 17.4. The lowest BCUT2D eigenvalue weighted by Gasteiger charge is -2.24. The first-order valence-corrected chi connectivity index (χ1v) is 13.1. The summed E-state index contributed by atoms with van der Waals surface area (Å²) in [6.45, 7) is 0.773. The number of aliphatic hydroxyl groups is 1. The number of sulfone groups is 1. The zero-order valence-corrected chi connectivity index (χ0v) is 19.0. The average molecular weight is 508 g/mol. The first-order chi connectivity index (χ1) is 15.5. The SMILES string of the molecule is O=S(=O)(NC1CCNCC1)c1cc(S(=O)(=O)c2ccccc2NCCO)ccc1C(F)(F)F. The fourth-order valence-electron chi connectivity index (χ4n) is 3.51. The minimum atomic E-state index is -5.01. The molecule has 2 aromatic carbocycles. The van der Waals surface area contributed by atoms with Crippen LogP contribution in [0.4, 0.5) is 18.9 Å². The van der Waals surface area contributed by atoms with Crippen LogP contribution in [0.2, 0.25) is 0 Å². The minimum absolute atomic E-state index is 0.0410. The lowest BCUT2D eigenvalue weighted by atomic mass is 10.1. The summed E-state index contributed by atoms with van der Waals surface area (Å²) >= 11 is 0. The summed E-state index contributed by atoms with van der Waals surface area (Å²) in [6, 6.07) is 6.84. The number of halogens is 3. The molecule has 8 nitrogen and oxygen atoms in total. The number of nitrogens with one attached hydrogen (secondary N) is 3. The normalized spacial score (nSPS) is 16.0. The molecule has 1 fully saturated rings. The van der Waals surface area contributed by atoms with Crippen LogP contribution >= 0.6 is 0 Å². The highest BCUT2D eigenvalue weighted by molar-refractivity contribution is 7.92. The lowest BCUT2D eigenvalue weighted by Crippen LogP contribution is -2.43. The van der Waals surface area contributed by atoms with E-state index in [1.807, 2.05) is 0 Å². The van der Waals surface area contributed by atoms with Crippen LogP contribution in [-0.4, -0.2) is 54.2 Å². The number of para-hydroxylation sites is 1. The highest BCUT2D eigenvalue weighted by Gasteiger charge is 2.39. The molecule has 0 spiro atoms. The van der Waals surface area contributed by atoms with Crippen molar-refractivity contribution in [3.63, 3.8) is 0 Å². The lowest BCUT2D eigenvalue weighted by molar-refractivity contribution is -0.139. The Balaban J connectivity index is 2.10. The van der Waals surface area contributed by atoms with Crippen molar-refractivity contribution in [2.45, 2.75) is 39.7 Å². The van der Waals surface area contributed by atoms with Gasteiger partial charge in [0, 0.05) is 12.6 Å². The van der Waals surface area contributed by atoms with Gasteiger partial charge in [0.1, 0.15) is 0 Å². The first-order valence-electron chi connectivity index (χ1n) is 10.1. The largest absolute Gasteiger partial charge is 0.417 e. The molecule has 4 N–H and O–H groups in total. The summed E-state index contributed by atoms with van der Waals surface area (Å²) in [5.41, 5.74) is -1.32. The second-order valence-corrected chi connectivity index (χ2v) is 11.1. The van der Waals surface area contributed by atoms with Crippen molar-refractivity contribution in [2.24, 2.45) is 0 Å². The van der Waals surface area contributed by atoms with Crippen LogP contribution in [0.15, 0.2) is 57.2 Å². The van der Waals surface area contributed by atoms with E-state index in [9.17, 15) is 30.0 Å². The quantitative estimate of drug-likeness (QED) is 0.431. The van der Waals surface area contributed by atoms with Gasteiger partial charge in [0.15, 0.2) is 0 Å². The van der Waals surface area contributed by atoms with E-state index in [1.165, 1.54) is 18.2 Å². The van der Waals surface area contributed by atoms with Crippen LogP contribution in [0.25, 0.3) is 0 Å². The van der Waals surface area contributed by atoms with Crippen LogP contribution in [0.5, 0.6) is 0 Å². The minimum Gasteiger partial charge on any atom is -0.395 e. The summed E-state index contributed by atoms with van der Waals surface area (Å²) in [6.07, 6.45) is -4.23. The molecule has 0 saturated carbocycles. The Kier molecular flexibility index (Phi) is 7.69. The van der Waals surface area contributed by atoms with Crippen molar-refractivity contribution in [3.8, 4) is 0 Å². The van der Waals surface area contributed by atoms with E-state index in [4.69, 9.17) is 5.11 Å². The summed E-state index contributed by atoms with van der Waals surface area (Å²) < 4.78 is 95.5. The van der Waals surface area contributed by atoms with E-state index in [0.717, 1.165) is 6.07 Å². The maximum absolute atomic E-state index is 13.6. The van der Waals surface area contributed by atoms with E-state index >= 15 is 0 Å². The van der Waals surface area contributed by atoms with E-state index in [2.05, 4.69) is 15.4 Å². The molecule has 1 aliphatic heterocycles. The van der Waals surface area contributed by atoms with Gasteiger partial charge in [-0.15, -0.1) is 0 Å². The van der Waals surface area contributed by atoms with Crippen LogP contribution in [0, 0.1) is 0 Å². The number of hydrogen-bond acceptors (Lipinski definition) is 7. The molecule has 13 heteroatoms. The van der Waals surface area contributed by atoms with Gasteiger partial charge in [0.25, 0.3) is 0 Å². The molecule has 182 valence electrons. The molecule has 0 radical (unpaired) electrons. The number of sulfonamides is 1. The van der Waals surface area contributed by atoms with Gasteiger partial charge >= 0.3 is 6.18 Å². The molecule has 2 aromatic rings. The van der Waals surface area contributed by atoms with E-state index in [0.29, 0.717) is 38.1 Å². The predicted octanol–water partition coefficient (Wildman–Crippen LogP) is 1.97. The second kappa shape index (κ2) is 9.97. The van der Waals surface area contributed by atoms with Crippen molar-refractivity contribution < 1.29 is 35.1 Å². The maximum atomic E-state index is 13.6. The van der Waals surface area contributed by atoms with Crippen molar-refractivity contribution in [2.75, 3.05) is 31.6 Å². The molecule has 1 saturated heterocycles. The third kappa shape index (κ3) is 5.84. The predicted molar refractivity (Wildman–Crippen MR) is 115 cm³/mol. The number of hydrogen-bond donors (Lipinski definition) is 4.